The molecule has 0 bridgehead atoms. The maximum atomic E-state index is 11.9. The molecule has 0 radical (unpaired) electrons. The fourth-order valence-electron chi connectivity index (χ4n) is 0.621. The third-order valence-electron chi connectivity index (χ3n) is 1.27. The number of hydrogen-bond donors (Lipinski definition) is 1. The van der Waals surface area contributed by atoms with Crippen LogP contribution in [0, 0.1) is 5.82 Å². The lowest BCUT2D eigenvalue weighted by Crippen LogP contribution is -1.81. The van der Waals surface area contributed by atoms with Gasteiger partial charge in [0.15, 0.2) is 0 Å². The van der Waals surface area contributed by atoms with Gasteiger partial charge in [-0.2, -0.15) is 0 Å². The Balaban J connectivity index is 0.000000226. The fourth-order valence-corrected chi connectivity index (χ4v) is 0.810. The van der Waals surface area contributed by atoms with E-state index in [2.05, 4.69) is 0 Å². The standard InChI is InChI=1S/C6H5F.C4H9ClO/c7-6-4-2-1-3-5-6;5-3-1-2-4-6/h1-5H;6H,1-4H2. The number of aliphatic hydroxyl groups excluding tert-OH is 1. The number of aliphatic hydroxyl groups is 1. The van der Waals surface area contributed by atoms with E-state index in [1.165, 1.54) is 12.1 Å². The van der Waals surface area contributed by atoms with E-state index in [-0.39, 0.29) is 12.4 Å². The van der Waals surface area contributed by atoms with Gasteiger partial charge in [-0.3, -0.25) is 0 Å². The first-order valence-electron chi connectivity index (χ1n) is 4.18. The average Bonchev–Trinajstić information content (AvgIpc) is 2.17. The summed E-state index contributed by atoms with van der Waals surface area (Å²) in [7, 11) is 0. The molecule has 1 aromatic rings. The highest BCUT2D eigenvalue weighted by Crippen LogP contribution is 1.91. The van der Waals surface area contributed by atoms with Crippen LogP contribution in [0.3, 0.4) is 0 Å². The molecule has 0 unspecified atom stereocenters. The van der Waals surface area contributed by atoms with Crippen molar-refractivity contribution in [3.05, 3.63) is 36.1 Å². The van der Waals surface area contributed by atoms with Crippen molar-refractivity contribution in [2.75, 3.05) is 12.5 Å². The van der Waals surface area contributed by atoms with Crippen molar-refractivity contribution in [3.63, 3.8) is 0 Å². The van der Waals surface area contributed by atoms with Gasteiger partial charge in [0, 0.05) is 12.5 Å². The van der Waals surface area contributed by atoms with Gasteiger partial charge in [-0.25, -0.2) is 4.39 Å². The molecular weight excluding hydrogens is 191 g/mol. The van der Waals surface area contributed by atoms with Crippen LogP contribution in [-0.2, 0) is 0 Å². The fraction of sp³-hybridized carbons (Fsp3) is 0.400. The van der Waals surface area contributed by atoms with E-state index in [1.807, 2.05) is 0 Å². The van der Waals surface area contributed by atoms with E-state index in [0.717, 1.165) is 12.8 Å². The van der Waals surface area contributed by atoms with Crippen molar-refractivity contribution in [2.24, 2.45) is 0 Å². The number of benzene rings is 1. The first-order valence-corrected chi connectivity index (χ1v) is 4.72. The molecule has 0 aliphatic heterocycles. The van der Waals surface area contributed by atoms with Crippen LogP contribution >= 0.6 is 11.6 Å². The van der Waals surface area contributed by atoms with Gasteiger partial charge in [-0.15, -0.1) is 11.6 Å². The second-order valence-electron chi connectivity index (χ2n) is 2.42. The van der Waals surface area contributed by atoms with Crippen molar-refractivity contribution in [2.45, 2.75) is 12.8 Å². The summed E-state index contributed by atoms with van der Waals surface area (Å²) >= 11 is 5.27. The molecule has 1 aromatic carbocycles. The molecule has 0 saturated heterocycles. The Labute approximate surface area is 83.2 Å². The Bertz CT molecular complexity index is 187. The molecule has 74 valence electrons. The minimum atomic E-state index is -0.178. The van der Waals surface area contributed by atoms with E-state index in [0.29, 0.717) is 5.88 Å². The summed E-state index contributed by atoms with van der Waals surface area (Å²) in [5, 5.41) is 8.14. The summed E-state index contributed by atoms with van der Waals surface area (Å²) < 4.78 is 11.9. The maximum Gasteiger partial charge on any atom is 0.123 e. The summed E-state index contributed by atoms with van der Waals surface area (Å²) in [6.07, 6.45) is 1.77. The lowest BCUT2D eigenvalue weighted by atomic mass is 10.4. The Morgan fingerprint density at radius 1 is 1.15 bits per heavy atom. The predicted molar refractivity (Wildman–Crippen MR) is 53.4 cm³/mol. The topological polar surface area (TPSA) is 20.2 Å². The summed E-state index contributed by atoms with van der Waals surface area (Å²) in [6, 6.07) is 7.94. The first kappa shape index (κ1) is 12.4. The zero-order valence-corrected chi connectivity index (χ0v) is 8.17. The maximum absolute atomic E-state index is 11.9. The zero-order chi connectivity index (χ0) is 9.94. The van der Waals surface area contributed by atoms with E-state index < -0.39 is 0 Å². The normalized spacial score (nSPS) is 8.85. The van der Waals surface area contributed by atoms with Gasteiger partial charge < -0.3 is 5.11 Å². The zero-order valence-electron chi connectivity index (χ0n) is 7.42. The van der Waals surface area contributed by atoms with Crippen molar-refractivity contribution in [1.82, 2.24) is 0 Å². The van der Waals surface area contributed by atoms with Crippen LogP contribution in [-0.4, -0.2) is 17.6 Å². The van der Waals surface area contributed by atoms with Gasteiger partial charge >= 0.3 is 0 Å². The molecule has 1 rings (SSSR count). The highest BCUT2D eigenvalue weighted by molar-refractivity contribution is 6.17. The third kappa shape index (κ3) is 9.31. The second kappa shape index (κ2) is 9.49. The average molecular weight is 205 g/mol. The number of hydrogen-bond acceptors (Lipinski definition) is 1. The third-order valence-corrected chi connectivity index (χ3v) is 1.54. The Morgan fingerprint density at radius 3 is 2.00 bits per heavy atom. The number of halogens is 2. The number of rotatable bonds is 3. The Morgan fingerprint density at radius 2 is 1.77 bits per heavy atom. The van der Waals surface area contributed by atoms with Gasteiger partial charge in [0.2, 0.25) is 0 Å². The molecule has 0 aromatic heterocycles. The number of unbranched alkanes of at least 4 members (excludes halogenated alkanes) is 1. The minimum Gasteiger partial charge on any atom is -0.396 e. The minimum absolute atomic E-state index is 0.178. The molecule has 0 spiro atoms. The van der Waals surface area contributed by atoms with Crippen LogP contribution in [0.1, 0.15) is 12.8 Å². The van der Waals surface area contributed by atoms with Gasteiger partial charge in [-0.05, 0) is 25.0 Å². The van der Waals surface area contributed by atoms with E-state index in [9.17, 15) is 4.39 Å². The molecule has 1 nitrogen and oxygen atoms in total. The SMILES string of the molecule is Fc1ccccc1.OCCCCCl. The number of alkyl halides is 1. The van der Waals surface area contributed by atoms with Gasteiger partial charge in [0.25, 0.3) is 0 Å². The molecule has 0 saturated carbocycles. The summed E-state index contributed by atoms with van der Waals surface area (Å²) in [4.78, 5) is 0. The largest absolute Gasteiger partial charge is 0.396 e. The predicted octanol–water partition coefficient (Wildman–Crippen LogP) is 2.82. The van der Waals surface area contributed by atoms with Gasteiger partial charge in [-0.1, -0.05) is 18.2 Å². The van der Waals surface area contributed by atoms with Crippen LogP contribution < -0.4 is 0 Å². The van der Waals surface area contributed by atoms with Crippen LogP contribution in [0.2, 0.25) is 0 Å². The van der Waals surface area contributed by atoms with Crippen LogP contribution in [0.25, 0.3) is 0 Å². The van der Waals surface area contributed by atoms with Crippen LogP contribution in [0.4, 0.5) is 4.39 Å². The lowest BCUT2D eigenvalue weighted by Gasteiger charge is -1.84. The van der Waals surface area contributed by atoms with Crippen LogP contribution in [0.15, 0.2) is 30.3 Å². The van der Waals surface area contributed by atoms with E-state index in [4.69, 9.17) is 16.7 Å². The monoisotopic (exact) mass is 204 g/mol. The van der Waals surface area contributed by atoms with Gasteiger partial charge in [0.1, 0.15) is 5.82 Å². The molecule has 1 N–H and O–H groups in total. The van der Waals surface area contributed by atoms with E-state index >= 15 is 0 Å². The summed E-state index contributed by atoms with van der Waals surface area (Å²) in [5.74, 6) is 0.489. The van der Waals surface area contributed by atoms with Crippen molar-refractivity contribution in [3.8, 4) is 0 Å². The molecule has 13 heavy (non-hydrogen) atoms. The summed E-state index contributed by atoms with van der Waals surface area (Å²) in [5.41, 5.74) is 0. The molecular formula is C10H14ClFO. The van der Waals surface area contributed by atoms with Crippen molar-refractivity contribution in [1.29, 1.82) is 0 Å². The van der Waals surface area contributed by atoms with Crippen molar-refractivity contribution < 1.29 is 9.50 Å². The lowest BCUT2D eigenvalue weighted by molar-refractivity contribution is 0.287. The second-order valence-corrected chi connectivity index (χ2v) is 2.79. The Kier molecular flexibility index (Phi) is 9.05. The highest BCUT2D eigenvalue weighted by Gasteiger charge is 1.78. The first-order chi connectivity index (χ1) is 6.31. The molecule has 0 aliphatic carbocycles. The van der Waals surface area contributed by atoms with E-state index in [1.54, 1.807) is 18.2 Å². The molecule has 0 heterocycles. The molecule has 0 aliphatic rings. The quantitative estimate of drug-likeness (QED) is 0.593. The Hall–Kier alpha value is -0.600. The van der Waals surface area contributed by atoms with Crippen molar-refractivity contribution >= 4 is 11.6 Å². The highest BCUT2D eigenvalue weighted by atomic mass is 35.5. The molecule has 0 fully saturated rings. The summed E-state index contributed by atoms with van der Waals surface area (Å²) in [6.45, 7) is 0.271. The molecule has 0 amide bonds. The molecule has 0 atom stereocenters. The van der Waals surface area contributed by atoms with Gasteiger partial charge in [0.05, 0.1) is 0 Å². The smallest absolute Gasteiger partial charge is 0.123 e. The molecule has 3 heteroatoms. The van der Waals surface area contributed by atoms with Crippen LogP contribution in [0.5, 0.6) is 0 Å².